The summed E-state index contributed by atoms with van der Waals surface area (Å²) in [6, 6.07) is 10.5. The molecule has 1 N–H and O–H groups in total. The van der Waals surface area contributed by atoms with Gasteiger partial charge in [-0.1, -0.05) is 25.1 Å². The molecule has 2 heterocycles. The number of aliphatic hydroxyl groups is 1. The zero-order chi connectivity index (χ0) is 14.1. The molecule has 0 bridgehead atoms. The second-order valence-electron chi connectivity index (χ2n) is 5.36. The molecule has 104 valence electrons. The summed E-state index contributed by atoms with van der Waals surface area (Å²) in [7, 11) is 0. The summed E-state index contributed by atoms with van der Waals surface area (Å²) in [6.45, 7) is 5.02. The molecule has 1 aromatic heterocycles. The van der Waals surface area contributed by atoms with Crippen LogP contribution in [0.4, 0.5) is 11.5 Å². The summed E-state index contributed by atoms with van der Waals surface area (Å²) < 4.78 is 0. The summed E-state index contributed by atoms with van der Waals surface area (Å²) in [4.78, 5) is 6.86. The van der Waals surface area contributed by atoms with E-state index >= 15 is 0 Å². The molecule has 1 atom stereocenters. The second-order valence-corrected chi connectivity index (χ2v) is 5.36. The molecule has 20 heavy (non-hydrogen) atoms. The molecular formula is C17H20N2O. The maximum atomic E-state index is 9.91. The van der Waals surface area contributed by atoms with E-state index < -0.39 is 6.10 Å². The van der Waals surface area contributed by atoms with Gasteiger partial charge in [-0.2, -0.15) is 0 Å². The highest BCUT2D eigenvalue weighted by atomic mass is 16.3. The number of pyridine rings is 1. The van der Waals surface area contributed by atoms with E-state index in [-0.39, 0.29) is 0 Å². The van der Waals surface area contributed by atoms with Gasteiger partial charge in [-0.3, -0.25) is 0 Å². The number of hydrogen-bond acceptors (Lipinski definition) is 3. The van der Waals surface area contributed by atoms with E-state index in [1.807, 2.05) is 6.92 Å². The molecule has 0 aliphatic carbocycles. The number of rotatable bonds is 3. The minimum absolute atomic E-state index is 0.416. The summed E-state index contributed by atoms with van der Waals surface area (Å²) in [5.41, 5.74) is 4.66. The zero-order valence-electron chi connectivity index (χ0n) is 12.0. The average Bonchev–Trinajstić information content (AvgIpc) is 2.90. The zero-order valence-corrected chi connectivity index (χ0v) is 12.0. The number of aryl methyl sites for hydroxylation is 1. The van der Waals surface area contributed by atoms with Crippen molar-refractivity contribution in [3.63, 3.8) is 0 Å². The summed E-state index contributed by atoms with van der Waals surface area (Å²) >= 11 is 0. The monoisotopic (exact) mass is 268 g/mol. The number of aromatic nitrogens is 1. The standard InChI is InChI=1S/C17H20N2O/c1-3-16(20)14-10-12(2)17(18-11-14)19-9-8-13-6-4-5-7-15(13)19/h4-7,10-11,16,20H,3,8-9H2,1-2H3. The van der Waals surface area contributed by atoms with Crippen molar-refractivity contribution < 1.29 is 5.11 Å². The van der Waals surface area contributed by atoms with E-state index in [1.165, 1.54) is 11.3 Å². The maximum absolute atomic E-state index is 9.91. The van der Waals surface area contributed by atoms with E-state index in [0.29, 0.717) is 6.42 Å². The molecule has 0 fully saturated rings. The van der Waals surface area contributed by atoms with E-state index in [1.54, 1.807) is 6.20 Å². The van der Waals surface area contributed by atoms with Gasteiger partial charge in [0, 0.05) is 18.4 Å². The van der Waals surface area contributed by atoms with Crippen LogP contribution in [0.2, 0.25) is 0 Å². The third-order valence-corrected chi connectivity index (χ3v) is 3.99. The highest BCUT2D eigenvalue weighted by molar-refractivity contribution is 5.69. The topological polar surface area (TPSA) is 36.4 Å². The van der Waals surface area contributed by atoms with Gasteiger partial charge in [0.15, 0.2) is 0 Å². The number of hydrogen-bond donors (Lipinski definition) is 1. The molecule has 0 saturated heterocycles. The smallest absolute Gasteiger partial charge is 0.135 e. The average molecular weight is 268 g/mol. The normalized spacial score (nSPS) is 15.2. The quantitative estimate of drug-likeness (QED) is 0.925. The number of benzene rings is 1. The Morgan fingerprint density at radius 1 is 1.35 bits per heavy atom. The lowest BCUT2D eigenvalue weighted by molar-refractivity contribution is 0.173. The lowest BCUT2D eigenvalue weighted by Crippen LogP contribution is -2.16. The van der Waals surface area contributed by atoms with Crippen LogP contribution in [-0.4, -0.2) is 16.6 Å². The maximum Gasteiger partial charge on any atom is 0.135 e. The van der Waals surface area contributed by atoms with Gasteiger partial charge in [0.05, 0.1) is 6.10 Å². The van der Waals surface area contributed by atoms with Gasteiger partial charge in [0.25, 0.3) is 0 Å². The van der Waals surface area contributed by atoms with Crippen molar-refractivity contribution in [1.29, 1.82) is 0 Å². The van der Waals surface area contributed by atoms with Gasteiger partial charge in [0.2, 0.25) is 0 Å². The van der Waals surface area contributed by atoms with Crippen molar-refractivity contribution in [2.24, 2.45) is 0 Å². The number of anilines is 2. The Labute approximate surface area is 119 Å². The molecule has 1 unspecified atom stereocenters. The third-order valence-electron chi connectivity index (χ3n) is 3.99. The Balaban J connectivity index is 1.96. The van der Waals surface area contributed by atoms with E-state index in [2.05, 4.69) is 47.1 Å². The molecule has 3 nitrogen and oxygen atoms in total. The number of fused-ring (bicyclic) bond motifs is 1. The molecule has 3 rings (SSSR count). The van der Waals surface area contributed by atoms with E-state index in [4.69, 9.17) is 0 Å². The lowest BCUT2D eigenvalue weighted by atomic mass is 10.1. The summed E-state index contributed by atoms with van der Waals surface area (Å²) in [5.74, 6) is 1.00. The van der Waals surface area contributed by atoms with E-state index in [9.17, 15) is 5.11 Å². The molecule has 1 aliphatic rings. The van der Waals surface area contributed by atoms with Crippen LogP contribution in [0.1, 0.15) is 36.1 Å². The molecular weight excluding hydrogens is 248 g/mol. The van der Waals surface area contributed by atoms with Crippen LogP contribution in [-0.2, 0) is 6.42 Å². The van der Waals surface area contributed by atoms with Gasteiger partial charge in [-0.15, -0.1) is 0 Å². The number of para-hydroxylation sites is 1. The fraction of sp³-hybridized carbons (Fsp3) is 0.353. The molecule has 3 heteroatoms. The summed E-state index contributed by atoms with van der Waals surface area (Å²) in [5, 5.41) is 9.91. The predicted molar refractivity (Wildman–Crippen MR) is 81.4 cm³/mol. The fourth-order valence-corrected chi connectivity index (χ4v) is 2.85. The van der Waals surface area contributed by atoms with E-state index in [0.717, 1.165) is 29.9 Å². The first kappa shape index (κ1) is 13.1. The first-order chi connectivity index (χ1) is 9.70. The molecule has 0 spiro atoms. The molecule has 0 amide bonds. The van der Waals surface area contributed by atoms with Crippen molar-refractivity contribution in [2.75, 3.05) is 11.4 Å². The highest BCUT2D eigenvalue weighted by Crippen LogP contribution is 2.35. The minimum atomic E-state index is -0.416. The Hall–Kier alpha value is -1.87. The Bertz CT molecular complexity index is 624. The van der Waals surface area contributed by atoms with Crippen molar-refractivity contribution in [3.05, 3.63) is 53.2 Å². The van der Waals surface area contributed by atoms with Gasteiger partial charge >= 0.3 is 0 Å². The third kappa shape index (κ3) is 2.18. The minimum Gasteiger partial charge on any atom is -0.388 e. The van der Waals surface area contributed by atoms with Crippen LogP contribution in [0, 0.1) is 6.92 Å². The molecule has 0 saturated carbocycles. The van der Waals surface area contributed by atoms with Crippen molar-refractivity contribution in [2.45, 2.75) is 32.8 Å². The van der Waals surface area contributed by atoms with Gasteiger partial charge in [-0.05, 0) is 48.6 Å². The van der Waals surface area contributed by atoms with Crippen LogP contribution in [0.25, 0.3) is 0 Å². The van der Waals surface area contributed by atoms with Crippen LogP contribution >= 0.6 is 0 Å². The van der Waals surface area contributed by atoms with Crippen LogP contribution in [0.5, 0.6) is 0 Å². The number of nitrogens with zero attached hydrogens (tertiary/aromatic N) is 2. The summed E-state index contributed by atoms with van der Waals surface area (Å²) in [6.07, 6.45) is 3.17. The molecule has 2 aromatic rings. The second kappa shape index (κ2) is 5.25. The van der Waals surface area contributed by atoms with Gasteiger partial charge < -0.3 is 10.0 Å². The molecule has 0 radical (unpaired) electrons. The molecule has 1 aliphatic heterocycles. The van der Waals surface area contributed by atoms with Gasteiger partial charge in [0.1, 0.15) is 5.82 Å². The van der Waals surface area contributed by atoms with Crippen LogP contribution < -0.4 is 4.90 Å². The van der Waals surface area contributed by atoms with Crippen LogP contribution in [0.15, 0.2) is 36.5 Å². The van der Waals surface area contributed by atoms with Crippen molar-refractivity contribution >= 4 is 11.5 Å². The largest absolute Gasteiger partial charge is 0.388 e. The first-order valence-corrected chi connectivity index (χ1v) is 7.20. The lowest BCUT2D eigenvalue weighted by Gasteiger charge is -2.21. The van der Waals surface area contributed by atoms with Crippen molar-refractivity contribution in [1.82, 2.24) is 4.98 Å². The predicted octanol–water partition coefficient (Wildman–Crippen LogP) is 3.53. The Morgan fingerprint density at radius 3 is 2.90 bits per heavy atom. The number of aliphatic hydroxyl groups excluding tert-OH is 1. The molecule has 1 aromatic carbocycles. The SMILES string of the molecule is CCC(O)c1cnc(N2CCc3ccccc32)c(C)c1. The van der Waals surface area contributed by atoms with Gasteiger partial charge in [-0.25, -0.2) is 4.98 Å². The van der Waals surface area contributed by atoms with Crippen molar-refractivity contribution in [3.8, 4) is 0 Å². The fourth-order valence-electron chi connectivity index (χ4n) is 2.85. The highest BCUT2D eigenvalue weighted by Gasteiger charge is 2.22. The Kier molecular flexibility index (Phi) is 3.45. The van der Waals surface area contributed by atoms with Crippen LogP contribution in [0.3, 0.4) is 0 Å². The first-order valence-electron chi connectivity index (χ1n) is 7.20. The Morgan fingerprint density at radius 2 is 2.15 bits per heavy atom.